The number of nitrogens with one attached hydrogen (secondary N) is 1. The van der Waals surface area contributed by atoms with Crippen molar-refractivity contribution >= 4 is 17.3 Å². The largest absolute Gasteiger partial charge is 0.481 e. The molecule has 1 amide bonds. The monoisotopic (exact) mass is 349 g/mol. The maximum atomic E-state index is 12.6. The van der Waals surface area contributed by atoms with Gasteiger partial charge in [-0.1, -0.05) is 12.1 Å². The number of para-hydroxylation sites is 2. The minimum Gasteiger partial charge on any atom is -0.481 e. The summed E-state index contributed by atoms with van der Waals surface area (Å²) in [6.45, 7) is 3.76. The Morgan fingerprint density at radius 2 is 1.81 bits per heavy atom. The Kier molecular flexibility index (Phi) is 5.75. The lowest BCUT2D eigenvalue weighted by Crippen LogP contribution is -2.33. The molecule has 1 fully saturated rings. The Bertz CT molecular complexity index is 790. The van der Waals surface area contributed by atoms with Crippen LogP contribution in [0.3, 0.4) is 0 Å². The van der Waals surface area contributed by atoms with Crippen molar-refractivity contribution in [2.75, 3.05) is 23.3 Å². The van der Waals surface area contributed by atoms with Crippen molar-refractivity contribution < 1.29 is 9.53 Å². The fourth-order valence-electron chi connectivity index (χ4n) is 3.09. The van der Waals surface area contributed by atoms with Gasteiger partial charge < -0.3 is 15.0 Å². The number of ether oxygens (including phenoxy) is 1. The van der Waals surface area contributed by atoms with Crippen molar-refractivity contribution in [2.45, 2.75) is 32.3 Å². The van der Waals surface area contributed by atoms with E-state index in [1.165, 1.54) is 19.3 Å². The number of nitrogens with zero attached hydrogens (tertiary/aromatic N) is 2. The molecule has 26 heavy (non-hydrogen) atoms. The van der Waals surface area contributed by atoms with Crippen LogP contribution in [-0.2, 0) is 4.79 Å². The van der Waals surface area contributed by atoms with Gasteiger partial charge in [0.1, 0.15) is 5.75 Å². The standard InChI is InChI=1S/C21H23N3O2/c1-16(26-18-11-9-17(15-22)10-12-18)21(25)23-19-7-3-4-8-20(19)24-13-5-2-6-14-24/h3-4,7-12,16H,2,5-6,13-14H2,1H3,(H,23,25)/t16-/m0/s1. The van der Waals surface area contributed by atoms with E-state index in [1.807, 2.05) is 24.3 Å². The van der Waals surface area contributed by atoms with Crippen molar-refractivity contribution in [3.63, 3.8) is 0 Å². The molecule has 1 aliphatic heterocycles. The quantitative estimate of drug-likeness (QED) is 0.887. The number of piperidine rings is 1. The molecule has 0 aliphatic carbocycles. The molecule has 1 N–H and O–H groups in total. The second-order valence-electron chi connectivity index (χ2n) is 6.45. The fourth-order valence-corrected chi connectivity index (χ4v) is 3.09. The summed E-state index contributed by atoms with van der Waals surface area (Å²) in [5.41, 5.74) is 2.44. The number of hydrogen-bond donors (Lipinski definition) is 1. The first-order valence-electron chi connectivity index (χ1n) is 8.99. The number of anilines is 2. The second kappa shape index (κ2) is 8.39. The molecule has 2 aromatic carbocycles. The molecule has 5 nitrogen and oxygen atoms in total. The van der Waals surface area contributed by atoms with Crippen molar-refractivity contribution in [1.82, 2.24) is 0 Å². The average molecular weight is 349 g/mol. The van der Waals surface area contributed by atoms with Gasteiger partial charge >= 0.3 is 0 Å². The summed E-state index contributed by atoms with van der Waals surface area (Å²) in [4.78, 5) is 14.9. The van der Waals surface area contributed by atoms with Gasteiger partial charge in [0.15, 0.2) is 6.10 Å². The van der Waals surface area contributed by atoms with Crippen LogP contribution in [0.2, 0.25) is 0 Å². The maximum Gasteiger partial charge on any atom is 0.265 e. The summed E-state index contributed by atoms with van der Waals surface area (Å²) < 4.78 is 5.70. The van der Waals surface area contributed by atoms with Gasteiger partial charge in [-0.05, 0) is 62.6 Å². The molecule has 0 bridgehead atoms. The van der Waals surface area contributed by atoms with E-state index in [2.05, 4.69) is 16.3 Å². The number of amides is 1. The van der Waals surface area contributed by atoms with E-state index in [4.69, 9.17) is 10.00 Å². The summed E-state index contributed by atoms with van der Waals surface area (Å²) in [5, 5.41) is 11.8. The Balaban J connectivity index is 1.66. The van der Waals surface area contributed by atoms with E-state index >= 15 is 0 Å². The molecule has 3 rings (SSSR count). The molecule has 0 saturated carbocycles. The third-order valence-electron chi connectivity index (χ3n) is 4.52. The van der Waals surface area contributed by atoms with E-state index in [0.717, 1.165) is 24.5 Å². The Morgan fingerprint density at radius 3 is 2.50 bits per heavy atom. The highest BCUT2D eigenvalue weighted by Crippen LogP contribution is 2.28. The zero-order valence-corrected chi connectivity index (χ0v) is 14.9. The second-order valence-corrected chi connectivity index (χ2v) is 6.45. The zero-order chi connectivity index (χ0) is 18.4. The highest BCUT2D eigenvalue weighted by Gasteiger charge is 2.19. The van der Waals surface area contributed by atoms with Crippen LogP contribution >= 0.6 is 0 Å². The molecule has 1 aliphatic rings. The van der Waals surface area contributed by atoms with Gasteiger partial charge in [-0.15, -0.1) is 0 Å². The first-order chi connectivity index (χ1) is 12.7. The number of hydrogen-bond acceptors (Lipinski definition) is 4. The van der Waals surface area contributed by atoms with Gasteiger partial charge in [-0.3, -0.25) is 4.79 Å². The minimum absolute atomic E-state index is 0.196. The molecule has 0 aromatic heterocycles. The van der Waals surface area contributed by atoms with Crippen LogP contribution in [0.4, 0.5) is 11.4 Å². The van der Waals surface area contributed by atoms with E-state index in [9.17, 15) is 4.79 Å². The highest BCUT2D eigenvalue weighted by molar-refractivity contribution is 5.97. The van der Waals surface area contributed by atoms with Crippen LogP contribution in [0.15, 0.2) is 48.5 Å². The molecule has 134 valence electrons. The predicted octanol–water partition coefficient (Wildman–Crippen LogP) is 3.95. The van der Waals surface area contributed by atoms with Crippen LogP contribution in [0.5, 0.6) is 5.75 Å². The van der Waals surface area contributed by atoms with Crippen molar-refractivity contribution in [3.05, 3.63) is 54.1 Å². The number of rotatable bonds is 5. The normalized spacial score (nSPS) is 15.0. The average Bonchev–Trinajstić information content (AvgIpc) is 2.69. The first kappa shape index (κ1) is 17.8. The third kappa shape index (κ3) is 4.34. The van der Waals surface area contributed by atoms with E-state index < -0.39 is 6.10 Å². The van der Waals surface area contributed by atoms with Crippen molar-refractivity contribution in [3.8, 4) is 11.8 Å². The van der Waals surface area contributed by atoms with E-state index in [-0.39, 0.29) is 5.91 Å². The molecule has 5 heteroatoms. The van der Waals surface area contributed by atoms with Gasteiger partial charge in [-0.25, -0.2) is 0 Å². The molecule has 1 heterocycles. The molecule has 1 atom stereocenters. The lowest BCUT2D eigenvalue weighted by atomic mass is 10.1. The Morgan fingerprint density at radius 1 is 1.12 bits per heavy atom. The molecule has 2 aromatic rings. The third-order valence-corrected chi connectivity index (χ3v) is 4.52. The van der Waals surface area contributed by atoms with Gasteiger partial charge in [-0.2, -0.15) is 5.26 Å². The molecule has 0 radical (unpaired) electrons. The minimum atomic E-state index is -0.641. The summed E-state index contributed by atoms with van der Waals surface area (Å²) in [6.07, 6.45) is 2.99. The fraction of sp³-hybridized carbons (Fsp3) is 0.333. The van der Waals surface area contributed by atoms with Gasteiger partial charge in [0.2, 0.25) is 0 Å². The summed E-state index contributed by atoms with van der Waals surface area (Å²) in [5.74, 6) is 0.370. The Labute approximate surface area is 154 Å². The number of carbonyl (C=O) groups is 1. The first-order valence-corrected chi connectivity index (χ1v) is 8.99. The summed E-state index contributed by atoms with van der Waals surface area (Å²) in [7, 11) is 0. The topological polar surface area (TPSA) is 65.4 Å². The predicted molar refractivity (Wildman–Crippen MR) is 102 cm³/mol. The van der Waals surface area contributed by atoms with Gasteiger partial charge in [0.25, 0.3) is 5.91 Å². The van der Waals surface area contributed by atoms with Crippen molar-refractivity contribution in [1.29, 1.82) is 5.26 Å². The number of nitriles is 1. The molecule has 1 saturated heterocycles. The molecular weight excluding hydrogens is 326 g/mol. The summed E-state index contributed by atoms with van der Waals surface area (Å²) >= 11 is 0. The lowest BCUT2D eigenvalue weighted by molar-refractivity contribution is -0.122. The number of carbonyl (C=O) groups excluding carboxylic acids is 1. The smallest absolute Gasteiger partial charge is 0.265 e. The van der Waals surface area contributed by atoms with Crippen LogP contribution < -0.4 is 15.0 Å². The molecule has 0 unspecified atom stereocenters. The van der Waals surface area contributed by atoms with Crippen LogP contribution in [0.25, 0.3) is 0 Å². The van der Waals surface area contributed by atoms with Gasteiger partial charge in [0, 0.05) is 13.1 Å². The zero-order valence-electron chi connectivity index (χ0n) is 14.9. The SMILES string of the molecule is C[C@H](Oc1ccc(C#N)cc1)C(=O)Nc1ccccc1N1CCCCC1. The van der Waals surface area contributed by atoms with Crippen molar-refractivity contribution in [2.24, 2.45) is 0 Å². The van der Waals surface area contributed by atoms with Crippen LogP contribution in [-0.4, -0.2) is 25.1 Å². The number of benzene rings is 2. The highest BCUT2D eigenvalue weighted by atomic mass is 16.5. The summed E-state index contributed by atoms with van der Waals surface area (Å²) in [6, 6.07) is 16.7. The Hall–Kier alpha value is -3.00. The van der Waals surface area contributed by atoms with E-state index in [1.54, 1.807) is 31.2 Å². The van der Waals surface area contributed by atoms with E-state index in [0.29, 0.717) is 11.3 Å². The lowest BCUT2D eigenvalue weighted by Gasteiger charge is -2.30. The van der Waals surface area contributed by atoms with Gasteiger partial charge in [0.05, 0.1) is 23.0 Å². The molecular formula is C21H23N3O2. The van der Waals surface area contributed by atoms with Crippen LogP contribution in [0, 0.1) is 11.3 Å². The van der Waals surface area contributed by atoms with Crippen LogP contribution in [0.1, 0.15) is 31.7 Å². The molecule has 0 spiro atoms. The maximum absolute atomic E-state index is 12.6.